The second-order valence-electron chi connectivity index (χ2n) is 6.99. The van der Waals surface area contributed by atoms with Gasteiger partial charge in [-0.25, -0.2) is 4.98 Å². The van der Waals surface area contributed by atoms with Crippen molar-refractivity contribution >= 4 is 21.6 Å². The largest absolute Gasteiger partial charge is 0.309 e. The van der Waals surface area contributed by atoms with Crippen LogP contribution >= 0.6 is 11.3 Å². The zero-order valence-electron chi connectivity index (χ0n) is 14.1. The molecule has 1 fully saturated rings. The second kappa shape index (κ2) is 5.78. The molecule has 3 atom stereocenters. The third-order valence-corrected chi connectivity index (χ3v) is 6.00. The van der Waals surface area contributed by atoms with Gasteiger partial charge in [0.05, 0.1) is 11.4 Å². The summed E-state index contributed by atoms with van der Waals surface area (Å²) in [6, 6.07) is 0.157. The van der Waals surface area contributed by atoms with Crippen LogP contribution in [0.2, 0.25) is 0 Å². The van der Waals surface area contributed by atoms with E-state index in [0.717, 1.165) is 34.7 Å². The average molecular weight is 319 g/mol. The molecule has 1 saturated heterocycles. The van der Waals surface area contributed by atoms with Crippen molar-refractivity contribution in [3.05, 3.63) is 26.6 Å². The molecule has 120 valence electrons. The van der Waals surface area contributed by atoms with Crippen molar-refractivity contribution in [3.8, 4) is 0 Å². The number of nitrogens with zero attached hydrogens (tertiary/aromatic N) is 2. The molecule has 0 unspecified atom stereocenters. The van der Waals surface area contributed by atoms with Crippen LogP contribution in [0, 0.1) is 25.7 Å². The molecule has 0 amide bonds. The smallest absolute Gasteiger partial charge is 0.259 e. The maximum Gasteiger partial charge on any atom is 0.259 e. The molecule has 1 N–H and O–H groups in total. The minimum absolute atomic E-state index is 0.00630. The van der Waals surface area contributed by atoms with Crippen LogP contribution in [-0.4, -0.2) is 28.0 Å². The summed E-state index contributed by atoms with van der Waals surface area (Å²) in [5.41, 5.74) is 1.07. The monoisotopic (exact) mass is 319 g/mol. The van der Waals surface area contributed by atoms with Crippen LogP contribution in [0.25, 0.3) is 10.2 Å². The van der Waals surface area contributed by atoms with Gasteiger partial charge in [0.25, 0.3) is 5.56 Å². The number of H-pyrrole nitrogens is 1. The van der Waals surface area contributed by atoms with Crippen LogP contribution in [0.3, 0.4) is 0 Å². The minimum atomic E-state index is 0.00630. The molecule has 0 bridgehead atoms. The van der Waals surface area contributed by atoms with E-state index in [2.05, 4.69) is 37.6 Å². The molecule has 4 nitrogen and oxygen atoms in total. The van der Waals surface area contributed by atoms with E-state index in [4.69, 9.17) is 4.98 Å². The van der Waals surface area contributed by atoms with E-state index in [9.17, 15) is 4.79 Å². The molecule has 0 aromatic carbocycles. The Morgan fingerprint density at radius 1 is 1.27 bits per heavy atom. The molecule has 22 heavy (non-hydrogen) atoms. The lowest BCUT2D eigenvalue weighted by molar-refractivity contribution is 0.0992. The Kier molecular flexibility index (Phi) is 4.12. The highest BCUT2D eigenvalue weighted by molar-refractivity contribution is 7.18. The minimum Gasteiger partial charge on any atom is -0.309 e. The number of fused-ring (bicyclic) bond motifs is 1. The molecule has 2 aromatic rings. The SMILES string of the molecule is Cc1sc2nc([C@@H](C)N3C[C@H](C)C[C@@H](C)C3)[nH]c(=O)c2c1C. The van der Waals surface area contributed by atoms with Crippen molar-refractivity contribution in [2.24, 2.45) is 11.8 Å². The lowest BCUT2D eigenvalue weighted by atomic mass is 9.91. The van der Waals surface area contributed by atoms with Crippen molar-refractivity contribution in [2.75, 3.05) is 13.1 Å². The number of hydrogen-bond donors (Lipinski definition) is 1. The number of hydrogen-bond acceptors (Lipinski definition) is 4. The van der Waals surface area contributed by atoms with E-state index < -0.39 is 0 Å². The number of piperidine rings is 1. The fourth-order valence-electron chi connectivity index (χ4n) is 3.67. The van der Waals surface area contributed by atoms with Gasteiger partial charge in [0.15, 0.2) is 0 Å². The summed E-state index contributed by atoms with van der Waals surface area (Å²) in [5, 5.41) is 0.763. The van der Waals surface area contributed by atoms with Crippen LogP contribution in [0.5, 0.6) is 0 Å². The van der Waals surface area contributed by atoms with Gasteiger partial charge < -0.3 is 4.98 Å². The highest BCUT2D eigenvalue weighted by atomic mass is 32.1. The molecular formula is C17H25N3OS. The Hall–Kier alpha value is -1.20. The number of aromatic amines is 1. The summed E-state index contributed by atoms with van der Waals surface area (Å²) in [5.74, 6) is 2.21. The van der Waals surface area contributed by atoms with Gasteiger partial charge in [0.1, 0.15) is 10.7 Å². The van der Waals surface area contributed by atoms with Crippen molar-refractivity contribution < 1.29 is 0 Å². The molecule has 0 aliphatic carbocycles. The highest BCUT2D eigenvalue weighted by Crippen LogP contribution is 2.30. The van der Waals surface area contributed by atoms with E-state index in [-0.39, 0.29) is 11.6 Å². The number of thiophene rings is 1. The van der Waals surface area contributed by atoms with Gasteiger partial charge >= 0.3 is 0 Å². The third kappa shape index (κ3) is 2.72. The summed E-state index contributed by atoms with van der Waals surface area (Å²) in [6.07, 6.45) is 1.29. The summed E-state index contributed by atoms with van der Waals surface area (Å²) in [6.45, 7) is 13.0. The first-order valence-corrected chi connectivity index (χ1v) is 8.92. The predicted octanol–water partition coefficient (Wildman–Crippen LogP) is 3.64. The van der Waals surface area contributed by atoms with Gasteiger partial charge in [0.2, 0.25) is 0 Å². The summed E-state index contributed by atoms with van der Waals surface area (Å²) in [4.78, 5) is 24.7. The second-order valence-corrected chi connectivity index (χ2v) is 8.19. The number of nitrogens with one attached hydrogen (secondary N) is 1. The van der Waals surface area contributed by atoms with Crippen LogP contribution in [0.4, 0.5) is 0 Å². The van der Waals surface area contributed by atoms with E-state index in [1.54, 1.807) is 11.3 Å². The number of aryl methyl sites for hydroxylation is 2. The van der Waals surface area contributed by atoms with Crippen molar-refractivity contribution in [3.63, 3.8) is 0 Å². The Bertz CT molecular complexity index is 738. The van der Waals surface area contributed by atoms with Gasteiger partial charge in [-0.05, 0) is 44.6 Å². The van der Waals surface area contributed by atoms with Crippen LogP contribution in [-0.2, 0) is 0 Å². The quantitative estimate of drug-likeness (QED) is 0.919. The van der Waals surface area contributed by atoms with Crippen molar-refractivity contribution in [1.29, 1.82) is 0 Å². The Morgan fingerprint density at radius 3 is 2.55 bits per heavy atom. The van der Waals surface area contributed by atoms with E-state index in [1.807, 2.05) is 6.92 Å². The lowest BCUT2D eigenvalue weighted by Crippen LogP contribution is -2.41. The zero-order valence-corrected chi connectivity index (χ0v) is 14.9. The van der Waals surface area contributed by atoms with Gasteiger partial charge in [-0.15, -0.1) is 11.3 Å². The number of aromatic nitrogens is 2. The fourth-order valence-corrected chi connectivity index (χ4v) is 4.71. The van der Waals surface area contributed by atoms with Gasteiger partial charge in [0, 0.05) is 18.0 Å². The maximum absolute atomic E-state index is 12.4. The van der Waals surface area contributed by atoms with Gasteiger partial charge in [-0.3, -0.25) is 9.69 Å². The molecule has 0 saturated carbocycles. The average Bonchev–Trinajstić information content (AvgIpc) is 2.72. The van der Waals surface area contributed by atoms with Crippen molar-refractivity contribution in [1.82, 2.24) is 14.9 Å². The zero-order chi connectivity index (χ0) is 16.0. The Morgan fingerprint density at radius 2 is 1.91 bits per heavy atom. The highest BCUT2D eigenvalue weighted by Gasteiger charge is 2.27. The number of likely N-dealkylation sites (tertiary alicyclic amines) is 1. The van der Waals surface area contributed by atoms with E-state index >= 15 is 0 Å². The normalized spacial score (nSPS) is 24.8. The maximum atomic E-state index is 12.4. The molecule has 3 heterocycles. The topological polar surface area (TPSA) is 49.0 Å². The first-order chi connectivity index (χ1) is 10.4. The first-order valence-electron chi connectivity index (χ1n) is 8.10. The molecule has 3 rings (SSSR count). The van der Waals surface area contributed by atoms with Gasteiger partial charge in [-0.1, -0.05) is 13.8 Å². The summed E-state index contributed by atoms with van der Waals surface area (Å²) < 4.78 is 0. The van der Waals surface area contributed by atoms with Crippen LogP contribution in [0.15, 0.2) is 4.79 Å². The first kappa shape index (κ1) is 15.7. The molecule has 1 aliphatic heterocycles. The summed E-state index contributed by atoms with van der Waals surface area (Å²) >= 11 is 1.62. The molecule has 0 spiro atoms. The molecule has 2 aromatic heterocycles. The predicted molar refractivity (Wildman–Crippen MR) is 92.6 cm³/mol. The molecule has 0 radical (unpaired) electrons. The number of rotatable bonds is 2. The van der Waals surface area contributed by atoms with E-state index in [0.29, 0.717) is 11.8 Å². The summed E-state index contributed by atoms with van der Waals surface area (Å²) in [7, 11) is 0. The van der Waals surface area contributed by atoms with E-state index in [1.165, 1.54) is 11.3 Å². The molecule has 1 aliphatic rings. The van der Waals surface area contributed by atoms with Crippen LogP contribution < -0.4 is 5.56 Å². The Balaban J connectivity index is 1.97. The van der Waals surface area contributed by atoms with Gasteiger partial charge in [-0.2, -0.15) is 0 Å². The van der Waals surface area contributed by atoms with Crippen molar-refractivity contribution in [2.45, 2.75) is 47.1 Å². The lowest BCUT2D eigenvalue weighted by Gasteiger charge is -2.38. The van der Waals surface area contributed by atoms with Crippen LogP contribution in [0.1, 0.15) is 49.5 Å². The third-order valence-electron chi connectivity index (χ3n) is 4.90. The molecule has 5 heteroatoms. The fraction of sp³-hybridized carbons (Fsp3) is 0.647. The molecular weight excluding hydrogens is 294 g/mol. The standard InChI is InChI=1S/C17H25N3OS/c1-9-6-10(2)8-20(7-9)12(4)15-18-16(21)14-11(3)13(5)22-17(14)19-15/h9-10,12H,6-8H2,1-5H3,(H,18,19,21)/t9-,10-,12-/m1/s1. The Labute approximate surface area is 135 Å².